The predicted octanol–water partition coefficient (Wildman–Crippen LogP) is 0.836. The molecule has 0 rings (SSSR count). The van der Waals surface area contributed by atoms with E-state index >= 15 is 0 Å². The summed E-state index contributed by atoms with van der Waals surface area (Å²) < 4.78 is 0. The quantitative estimate of drug-likeness (QED) is 0.366. The highest BCUT2D eigenvalue weighted by Gasteiger charge is 1.95. The number of hydrogen-bond acceptors (Lipinski definition) is 2. The standard InChI is InChI=1S/C8H13NOS/c1-2-3-4-6-9-8(10)5-7-11/h11H,4-7H2,1H3,(H,9,10). The summed E-state index contributed by atoms with van der Waals surface area (Å²) in [6.45, 7) is 2.43. The Hall–Kier alpha value is -0.620. The molecule has 0 aromatic carbocycles. The maximum absolute atomic E-state index is 10.8. The third-order valence-corrected chi connectivity index (χ3v) is 1.31. The normalized spacial score (nSPS) is 8.18. The second-order valence-corrected chi connectivity index (χ2v) is 2.45. The Morgan fingerprint density at radius 2 is 2.36 bits per heavy atom. The zero-order valence-electron chi connectivity index (χ0n) is 6.68. The Morgan fingerprint density at radius 3 is 2.91 bits per heavy atom. The molecule has 0 fully saturated rings. The van der Waals surface area contributed by atoms with Crippen molar-refractivity contribution in [3.8, 4) is 11.8 Å². The summed E-state index contributed by atoms with van der Waals surface area (Å²) in [7, 11) is 0. The van der Waals surface area contributed by atoms with Crippen LogP contribution in [0, 0.1) is 11.8 Å². The van der Waals surface area contributed by atoms with Crippen LogP contribution in [-0.2, 0) is 4.79 Å². The molecule has 0 saturated carbocycles. The van der Waals surface area contributed by atoms with Crippen LogP contribution in [0.1, 0.15) is 19.8 Å². The van der Waals surface area contributed by atoms with Crippen LogP contribution in [0.15, 0.2) is 0 Å². The number of rotatable bonds is 4. The Bertz CT molecular complexity index is 169. The van der Waals surface area contributed by atoms with E-state index in [0.717, 1.165) is 6.42 Å². The summed E-state index contributed by atoms with van der Waals surface area (Å²) >= 11 is 3.93. The third kappa shape index (κ3) is 7.27. The van der Waals surface area contributed by atoms with Gasteiger partial charge < -0.3 is 5.32 Å². The first-order valence-electron chi connectivity index (χ1n) is 3.58. The van der Waals surface area contributed by atoms with Crippen LogP contribution in [0.25, 0.3) is 0 Å². The zero-order chi connectivity index (χ0) is 8.53. The van der Waals surface area contributed by atoms with E-state index in [-0.39, 0.29) is 5.91 Å². The van der Waals surface area contributed by atoms with E-state index in [0.29, 0.717) is 18.7 Å². The van der Waals surface area contributed by atoms with Gasteiger partial charge in [0.25, 0.3) is 0 Å². The Morgan fingerprint density at radius 1 is 1.64 bits per heavy atom. The monoisotopic (exact) mass is 171 g/mol. The SMILES string of the molecule is CC#CCCNC(=O)CCS. The first-order chi connectivity index (χ1) is 5.31. The molecule has 62 valence electrons. The number of amides is 1. The van der Waals surface area contributed by atoms with Crippen molar-refractivity contribution in [3.63, 3.8) is 0 Å². The number of hydrogen-bond donors (Lipinski definition) is 2. The van der Waals surface area contributed by atoms with Crippen molar-refractivity contribution in [1.29, 1.82) is 0 Å². The Kier molecular flexibility index (Phi) is 7.06. The lowest BCUT2D eigenvalue weighted by Gasteiger charge is -1.99. The molecule has 0 saturated heterocycles. The van der Waals surface area contributed by atoms with Gasteiger partial charge in [0.15, 0.2) is 0 Å². The van der Waals surface area contributed by atoms with Crippen molar-refractivity contribution in [2.45, 2.75) is 19.8 Å². The average molecular weight is 171 g/mol. The van der Waals surface area contributed by atoms with E-state index in [1.807, 2.05) is 0 Å². The number of carbonyl (C=O) groups is 1. The fourth-order valence-electron chi connectivity index (χ4n) is 0.579. The molecule has 0 unspecified atom stereocenters. The van der Waals surface area contributed by atoms with Gasteiger partial charge in [-0.3, -0.25) is 4.79 Å². The van der Waals surface area contributed by atoms with E-state index < -0.39 is 0 Å². The minimum Gasteiger partial charge on any atom is -0.355 e. The van der Waals surface area contributed by atoms with Crippen LogP contribution >= 0.6 is 12.6 Å². The molecule has 0 spiro atoms. The molecule has 1 N–H and O–H groups in total. The van der Waals surface area contributed by atoms with Crippen LogP contribution in [0.5, 0.6) is 0 Å². The molecular weight excluding hydrogens is 158 g/mol. The van der Waals surface area contributed by atoms with Crippen LogP contribution in [-0.4, -0.2) is 18.2 Å². The lowest BCUT2D eigenvalue weighted by atomic mass is 10.4. The molecule has 0 atom stereocenters. The van der Waals surface area contributed by atoms with E-state index in [1.54, 1.807) is 6.92 Å². The van der Waals surface area contributed by atoms with Gasteiger partial charge in [-0.25, -0.2) is 0 Å². The summed E-state index contributed by atoms with van der Waals surface area (Å²) in [4.78, 5) is 10.8. The number of carbonyl (C=O) groups excluding carboxylic acids is 1. The summed E-state index contributed by atoms with van der Waals surface area (Å²) in [6.07, 6.45) is 1.22. The molecule has 0 aliphatic carbocycles. The second kappa shape index (κ2) is 7.49. The lowest BCUT2D eigenvalue weighted by Crippen LogP contribution is -2.24. The van der Waals surface area contributed by atoms with Crippen molar-refractivity contribution < 1.29 is 4.79 Å². The van der Waals surface area contributed by atoms with E-state index in [4.69, 9.17) is 0 Å². The maximum Gasteiger partial charge on any atom is 0.220 e. The topological polar surface area (TPSA) is 29.1 Å². The van der Waals surface area contributed by atoms with Crippen LogP contribution in [0.4, 0.5) is 0 Å². The first kappa shape index (κ1) is 10.4. The average Bonchev–Trinajstić information content (AvgIpc) is 1.99. The summed E-state index contributed by atoms with van der Waals surface area (Å²) in [5, 5.41) is 2.73. The fourth-order valence-corrected chi connectivity index (χ4v) is 0.782. The van der Waals surface area contributed by atoms with Crippen LogP contribution in [0.3, 0.4) is 0 Å². The van der Waals surface area contributed by atoms with Crippen molar-refractivity contribution in [1.82, 2.24) is 5.32 Å². The molecule has 0 heterocycles. The van der Waals surface area contributed by atoms with Gasteiger partial charge in [0, 0.05) is 19.4 Å². The third-order valence-electron chi connectivity index (χ3n) is 1.09. The largest absolute Gasteiger partial charge is 0.355 e. The van der Waals surface area contributed by atoms with Gasteiger partial charge in [-0.2, -0.15) is 12.6 Å². The molecule has 3 heteroatoms. The molecule has 1 amide bonds. The van der Waals surface area contributed by atoms with Gasteiger partial charge in [-0.15, -0.1) is 11.8 Å². The van der Waals surface area contributed by atoms with E-state index in [9.17, 15) is 4.79 Å². The number of thiol groups is 1. The van der Waals surface area contributed by atoms with Crippen molar-refractivity contribution in [2.75, 3.05) is 12.3 Å². The molecule has 0 aliphatic rings. The second-order valence-electron chi connectivity index (χ2n) is 2.00. The molecule has 0 aliphatic heterocycles. The minimum absolute atomic E-state index is 0.0536. The van der Waals surface area contributed by atoms with Crippen molar-refractivity contribution in [3.05, 3.63) is 0 Å². The summed E-state index contributed by atoms with van der Waals surface area (Å²) in [5.74, 6) is 6.28. The van der Waals surface area contributed by atoms with Gasteiger partial charge in [-0.1, -0.05) is 0 Å². The first-order valence-corrected chi connectivity index (χ1v) is 4.21. The molecular formula is C8H13NOS. The molecule has 11 heavy (non-hydrogen) atoms. The van der Waals surface area contributed by atoms with Gasteiger partial charge in [0.05, 0.1) is 0 Å². The number of nitrogens with one attached hydrogen (secondary N) is 1. The van der Waals surface area contributed by atoms with Gasteiger partial charge in [0.1, 0.15) is 0 Å². The predicted molar refractivity (Wildman–Crippen MR) is 49.5 cm³/mol. The summed E-state index contributed by atoms with van der Waals surface area (Å²) in [6, 6.07) is 0. The minimum atomic E-state index is 0.0536. The van der Waals surface area contributed by atoms with Gasteiger partial charge in [-0.05, 0) is 12.7 Å². The highest BCUT2D eigenvalue weighted by molar-refractivity contribution is 7.80. The van der Waals surface area contributed by atoms with Crippen LogP contribution < -0.4 is 5.32 Å². The Balaban J connectivity index is 3.22. The lowest BCUT2D eigenvalue weighted by molar-refractivity contribution is -0.120. The van der Waals surface area contributed by atoms with Crippen LogP contribution in [0.2, 0.25) is 0 Å². The van der Waals surface area contributed by atoms with E-state index in [1.165, 1.54) is 0 Å². The Labute approximate surface area is 73.2 Å². The highest BCUT2D eigenvalue weighted by atomic mass is 32.1. The summed E-state index contributed by atoms with van der Waals surface area (Å²) in [5.41, 5.74) is 0. The molecule has 0 bridgehead atoms. The highest BCUT2D eigenvalue weighted by Crippen LogP contribution is 1.83. The van der Waals surface area contributed by atoms with Gasteiger partial charge in [0.2, 0.25) is 5.91 Å². The molecule has 0 radical (unpaired) electrons. The van der Waals surface area contributed by atoms with Crippen molar-refractivity contribution in [2.24, 2.45) is 0 Å². The van der Waals surface area contributed by atoms with Gasteiger partial charge >= 0.3 is 0 Å². The maximum atomic E-state index is 10.8. The van der Waals surface area contributed by atoms with E-state index in [2.05, 4.69) is 29.8 Å². The zero-order valence-corrected chi connectivity index (χ0v) is 7.58. The molecule has 0 aromatic heterocycles. The smallest absolute Gasteiger partial charge is 0.220 e. The molecule has 0 aromatic rings. The fraction of sp³-hybridized carbons (Fsp3) is 0.625. The molecule has 2 nitrogen and oxygen atoms in total. The van der Waals surface area contributed by atoms with Crippen molar-refractivity contribution >= 4 is 18.5 Å².